The van der Waals surface area contributed by atoms with Gasteiger partial charge in [-0.15, -0.1) is 0 Å². The normalized spacial score (nSPS) is 10.3. The van der Waals surface area contributed by atoms with Crippen LogP contribution in [0.25, 0.3) is 0 Å². The van der Waals surface area contributed by atoms with Gasteiger partial charge in [0.15, 0.2) is 11.6 Å². The maximum atomic E-state index is 13.0. The lowest BCUT2D eigenvalue weighted by Gasteiger charge is -2.08. The predicted octanol–water partition coefficient (Wildman–Crippen LogP) is 3.56. The number of halogens is 3. The number of para-hydroxylation sites is 1. The van der Waals surface area contributed by atoms with E-state index >= 15 is 0 Å². The maximum Gasteiger partial charge on any atom is 0.340 e. The Morgan fingerprint density at radius 1 is 1.20 bits per heavy atom. The third kappa shape index (κ3) is 3.05. The lowest BCUT2D eigenvalue weighted by molar-refractivity contribution is 0.0473. The Bertz CT molecular complexity index is 662. The maximum absolute atomic E-state index is 13.0. The molecule has 0 spiro atoms. The molecule has 2 N–H and O–H groups in total. The summed E-state index contributed by atoms with van der Waals surface area (Å²) >= 11 is 5.79. The molecule has 104 valence electrons. The molecule has 0 aliphatic carbocycles. The first-order valence-corrected chi connectivity index (χ1v) is 6.02. The molecule has 0 amide bonds. The summed E-state index contributed by atoms with van der Waals surface area (Å²) in [5, 5.41) is 0.243. The summed E-state index contributed by atoms with van der Waals surface area (Å²) in [4.78, 5) is 11.8. The second-order valence-corrected chi connectivity index (χ2v) is 4.43. The van der Waals surface area contributed by atoms with Gasteiger partial charge in [0, 0.05) is 0 Å². The molecule has 6 heteroatoms. The van der Waals surface area contributed by atoms with Gasteiger partial charge in [0.05, 0.1) is 16.3 Å². The van der Waals surface area contributed by atoms with Gasteiger partial charge in [-0.2, -0.15) is 0 Å². The molecule has 0 unspecified atom stereocenters. The molecule has 0 aromatic heterocycles. The van der Waals surface area contributed by atoms with Crippen LogP contribution in [0.2, 0.25) is 5.02 Å². The van der Waals surface area contributed by atoms with E-state index in [1.165, 1.54) is 12.1 Å². The molecule has 0 fully saturated rings. The Labute approximate surface area is 118 Å². The molecule has 0 atom stereocenters. The average molecular weight is 298 g/mol. The van der Waals surface area contributed by atoms with Crippen LogP contribution in [0.3, 0.4) is 0 Å². The third-order valence-electron chi connectivity index (χ3n) is 2.63. The number of esters is 1. The van der Waals surface area contributed by atoms with Crippen LogP contribution in [-0.2, 0) is 11.3 Å². The van der Waals surface area contributed by atoms with Crippen molar-refractivity contribution in [3.8, 4) is 0 Å². The lowest BCUT2D eigenvalue weighted by Crippen LogP contribution is -2.08. The molecule has 0 aliphatic rings. The highest BCUT2D eigenvalue weighted by molar-refractivity contribution is 6.33. The van der Waals surface area contributed by atoms with E-state index in [2.05, 4.69) is 0 Å². The second kappa shape index (κ2) is 5.88. The minimum Gasteiger partial charge on any atom is -0.457 e. The number of anilines is 1. The third-order valence-corrected chi connectivity index (χ3v) is 2.96. The van der Waals surface area contributed by atoms with Crippen molar-refractivity contribution >= 4 is 23.3 Å². The number of carbonyl (C=O) groups excluding carboxylic acids is 1. The lowest BCUT2D eigenvalue weighted by atomic mass is 10.2. The first kappa shape index (κ1) is 14.3. The standard InChI is InChI=1S/C14H10ClF2NO2/c15-10-3-1-2-9(13(10)18)14(19)20-7-8-4-5-11(16)12(17)6-8/h1-6H,7,18H2. The van der Waals surface area contributed by atoms with Crippen molar-refractivity contribution in [3.05, 3.63) is 64.2 Å². The van der Waals surface area contributed by atoms with Crippen molar-refractivity contribution in [1.82, 2.24) is 0 Å². The summed E-state index contributed by atoms with van der Waals surface area (Å²) in [5.41, 5.74) is 6.23. The van der Waals surface area contributed by atoms with Crippen molar-refractivity contribution < 1.29 is 18.3 Å². The zero-order valence-electron chi connectivity index (χ0n) is 10.2. The first-order valence-electron chi connectivity index (χ1n) is 5.64. The van der Waals surface area contributed by atoms with Crippen LogP contribution >= 0.6 is 11.6 Å². The predicted molar refractivity (Wildman–Crippen MR) is 71.3 cm³/mol. The van der Waals surface area contributed by atoms with Crippen LogP contribution < -0.4 is 5.73 Å². The van der Waals surface area contributed by atoms with Crippen LogP contribution in [-0.4, -0.2) is 5.97 Å². The van der Waals surface area contributed by atoms with E-state index in [9.17, 15) is 13.6 Å². The highest BCUT2D eigenvalue weighted by atomic mass is 35.5. The summed E-state index contributed by atoms with van der Waals surface area (Å²) in [5.74, 6) is -2.64. The van der Waals surface area contributed by atoms with E-state index in [4.69, 9.17) is 22.1 Å². The Balaban J connectivity index is 2.08. The SMILES string of the molecule is Nc1c(Cl)cccc1C(=O)OCc1ccc(F)c(F)c1. The number of hydrogen-bond acceptors (Lipinski definition) is 3. The monoisotopic (exact) mass is 297 g/mol. The topological polar surface area (TPSA) is 52.3 Å². The van der Waals surface area contributed by atoms with Gasteiger partial charge in [0.1, 0.15) is 6.61 Å². The number of ether oxygens (including phenoxy) is 1. The first-order chi connectivity index (χ1) is 9.49. The molecule has 0 radical (unpaired) electrons. The van der Waals surface area contributed by atoms with Gasteiger partial charge in [-0.3, -0.25) is 0 Å². The fourth-order valence-corrected chi connectivity index (χ4v) is 1.75. The van der Waals surface area contributed by atoms with Crippen LogP contribution in [0, 0.1) is 11.6 Å². The van der Waals surface area contributed by atoms with E-state index in [0.29, 0.717) is 5.56 Å². The summed E-state index contributed by atoms with van der Waals surface area (Å²) < 4.78 is 30.7. The largest absolute Gasteiger partial charge is 0.457 e. The van der Waals surface area contributed by atoms with Gasteiger partial charge < -0.3 is 10.5 Å². The number of hydrogen-bond donors (Lipinski definition) is 1. The molecular weight excluding hydrogens is 288 g/mol. The molecule has 2 aromatic carbocycles. The molecule has 3 nitrogen and oxygen atoms in total. The highest BCUT2D eigenvalue weighted by Crippen LogP contribution is 2.23. The molecule has 2 rings (SSSR count). The van der Waals surface area contributed by atoms with Crippen molar-refractivity contribution in [3.63, 3.8) is 0 Å². The minimum atomic E-state index is -0.999. The molecule has 0 saturated heterocycles. The quantitative estimate of drug-likeness (QED) is 0.696. The van der Waals surface area contributed by atoms with E-state index < -0.39 is 17.6 Å². The van der Waals surface area contributed by atoms with Crippen molar-refractivity contribution in [2.45, 2.75) is 6.61 Å². The molecular formula is C14H10ClF2NO2. The van der Waals surface area contributed by atoms with Gasteiger partial charge in [-0.25, -0.2) is 13.6 Å². The minimum absolute atomic E-state index is 0.115. The number of carbonyl (C=O) groups is 1. The Kier molecular flexibility index (Phi) is 4.20. The molecule has 20 heavy (non-hydrogen) atoms. The van der Waals surface area contributed by atoms with E-state index in [1.807, 2.05) is 0 Å². The van der Waals surface area contributed by atoms with Crippen LogP contribution in [0.5, 0.6) is 0 Å². The summed E-state index contributed by atoms with van der Waals surface area (Å²) in [6, 6.07) is 7.83. The highest BCUT2D eigenvalue weighted by Gasteiger charge is 2.13. The van der Waals surface area contributed by atoms with Crippen molar-refractivity contribution in [2.24, 2.45) is 0 Å². The van der Waals surface area contributed by atoms with E-state index in [-0.39, 0.29) is 22.9 Å². The van der Waals surface area contributed by atoms with Crippen LogP contribution in [0.1, 0.15) is 15.9 Å². The Morgan fingerprint density at radius 3 is 2.65 bits per heavy atom. The van der Waals surface area contributed by atoms with Gasteiger partial charge >= 0.3 is 5.97 Å². The van der Waals surface area contributed by atoms with Gasteiger partial charge in [0.2, 0.25) is 0 Å². The fraction of sp³-hybridized carbons (Fsp3) is 0.0714. The van der Waals surface area contributed by atoms with Crippen LogP contribution in [0.15, 0.2) is 36.4 Å². The van der Waals surface area contributed by atoms with Gasteiger partial charge in [0.25, 0.3) is 0 Å². The summed E-state index contributed by atoms with van der Waals surface area (Å²) in [7, 11) is 0. The fourth-order valence-electron chi connectivity index (χ4n) is 1.57. The van der Waals surface area contributed by atoms with Crippen molar-refractivity contribution in [1.29, 1.82) is 0 Å². The average Bonchev–Trinajstić information content (AvgIpc) is 2.43. The zero-order valence-corrected chi connectivity index (χ0v) is 11.0. The molecule has 0 bridgehead atoms. The second-order valence-electron chi connectivity index (χ2n) is 4.03. The van der Waals surface area contributed by atoms with Crippen molar-refractivity contribution in [2.75, 3.05) is 5.73 Å². The summed E-state index contributed by atoms with van der Waals surface area (Å²) in [6.07, 6.45) is 0. The molecule has 0 heterocycles. The van der Waals surface area contributed by atoms with E-state index in [0.717, 1.165) is 12.1 Å². The summed E-state index contributed by atoms with van der Waals surface area (Å²) in [6.45, 7) is -0.192. The Morgan fingerprint density at radius 2 is 1.95 bits per heavy atom. The molecule has 0 saturated carbocycles. The zero-order chi connectivity index (χ0) is 14.7. The van der Waals surface area contributed by atoms with Crippen LogP contribution in [0.4, 0.5) is 14.5 Å². The number of nitrogens with two attached hydrogens (primary N) is 1. The molecule has 0 aliphatic heterocycles. The number of rotatable bonds is 3. The van der Waals surface area contributed by atoms with Gasteiger partial charge in [-0.1, -0.05) is 23.7 Å². The molecule has 2 aromatic rings. The number of nitrogen functional groups attached to an aromatic ring is 1. The van der Waals surface area contributed by atoms with Gasteiger partial charge in [-0.05, 0) is 29.8 Å². The number of benzene rings is 2. The smallest absolute Gasteiger partial charge is 0.340 e. The van der Waals surface area contributed by atoms with E-state index in [1.54, 1.807) is 12.1 Å². The Hall–Kier alpha value is -2.14.